The summed E-state index contributed by atoms with van der Waals surface area (Å²) in [6.45, 7) is 3.17. The zero-order valence-electron chi connectivity index (χ0n) is 10.5. The van der Waals surface area contributed by atoms with E-state index in [4.69, 9.17) is 5.11 Å². The fourth-order valence-electron chi connectivity index (χ4n) is 1.82. The number of pyridine rings is 1. The largest absolute Gasteiger partial charge is 0.478 e. The Balaban J connectivity index is 2.24. The van der Waals surface area contributed by atoms with Gasteiger partial charge in [0, 0.05) is 17.3 Å². The molecule has 2 amide bonds. The maximum Gasteiger partial charge on any atom is 0.335 e. The molecule has 2 rings (SSSR count). The predicted molar refractivity (Wildman–Crippen MR) is 65.1 cm³/mol. The van der Waals surface area contributed by atoms with E-state index < -0.39 is 5.97 Å². The van der Waals surface area contributed by atoms with E-state index in [1.807, 2.05) is 0 Å². The van der Waals surface area contributed by atoms with Gasteiger partial charge in [-0.25, -0.2) is 4.79 Å². The zero-order chi connectivity index (χ0) is 14.2. The first-order valence-electron chi connectivity index (χ1n) is 5.63. The van der Waals surface area contributed by atoms with Crippen LogP contribution in [0, 0.1) is 0 Å². The Morgan fingerprint density at radius 2 is 1.84 bits per heavy atom. The highest BCUT2D eigenvalue weighted by molar-refractivity contribution is 6.18. The molecular formula is C13H12N2O4. The summed E-state index contributed by atoms with van der Waals surface area (Å²) in [6, 6.07) is 2.71. The number of carboxylic acids is 1. The molecule has 6 heteroatoms. The first kappa shape index (κ1) is 12.9. The third kappa shape index (κ3) is 2.24. The molecule has 19 heavy (non-hydrogen) atoms. The van der Waals surface area contributed by atoms with Crippen LogP contribution in [0.4, 0.5) is 0 Å². The van der Waals surface area contributed by atoms with Crippen LogP contribution in [0.1, 0.15) is 29.9 Å². The fraction of sp³-hybridized carbons (Fsp3) is 0.231. The second-order valence-corrected chi connectivity index (χ2v) is 4.29. The number of amides is 2. The molecule has 0 aromatic carbocycles. The van der Waals surface area contributed by atoms with Crippen LogP contribution in [0.3, 0.4) is 0 Å². The van der Waals surface area contributed by atoms with Crippen molar-refractivity contribution in [2.24, 2.45) is 0 Å². The lowest BCUT2D eigenvalue weighted by Gasteiger charge is -2.14. The van der Waals surface area contributed by atoms with E-state index in [2.05, 4.69) is 4.98 Å². The number of aromatic nitrogens is 1. The summed E-state index contributed by atoms with van der Waals surface area (Å²) in [6.07, 6.45) is 1.34. The number of carbonyl (C=O) groups is 3. The average molecular weight is 260 g/mol. The molecule has 0 spiro atoms. The average Bonchev–Trinajstić information content (AvgIpc) is 2.57. The number of rotatable bonds is 3. The smallest absolute Gasteiger partial charge is 0.335 e. The lowest BCUT2D eigenvalue weighted by atomic mass is 10.2. The molecule has 6 nitrogen and oxygen atoms in total. The van der Waals surface area contributed by atoms with Crippen LogP contribution in [0.25, 0.3) is 0 Å². The number of nitrogens with zero attached hydrogens (tertiary/aromatic N) is 2. The van der Waals surface area contributed by atoms with E-state index in [1.165, 1.54) is 18.3 Å². The number of hydrogen-bond donors (Lipinski definition) is 1. The van der Waals surface area contributed by atoms with Gasteiger partial charge in [0.25, 0.3) is 11.8 Å². The molecule has 0 fully saturated rings. The van der Waals surface area contributed by atoms with Gasteiger partial charge < -0.3 is 5.11 Å². The van der Waals surface area contributed by atoms with E-state index in [0.717, 1.165) is 4.90 Å². The molecule has 1 aromatic rings. The number of aromatic carboxylic acids is 1. The summed E-state index contributed by atoms with van der Waals surface area (Å²) in [5, 5.41) is 8.87. The minimum Gasteiger partial charge on any atom is -0.478 e. The van der Waals surface area contributed by atoms with Crippen LogP contribution in [0.2, 0.25) is 0 Å². The minimum absolute atomic E-state index is 0.0204. The maximum absolute atomic E-state index is 11.9. The number of carbonyl (C=O) groups excluding carboxylic acids is 2. The molecule has 2 heterocycles. The van der Waals surface area contributed by atoms with Crippen molar-refractivity contribution in [2.45, 2.75) is 20.4 Å². The number of carboxylic acid groups (broad SMARTS) is 1. The van der Waals surface area contributed by atoms with Crippen molar-refractivity contribution >= 4 is 17.8 Å². The zero-order valence-corrected chi connectivity index (χ0v) is 10.5. The van der Waals surface area contributed by atoms with Crippen LogP contribution in [-0.2, 0) is 16.1 Å². The van der Waals surface area contributed by atoms with Gasteiger partial charge in [-0.15, -0.1) is 0 Å². The normalized spacial score (nSPS) is 15.4. The Labute approximate surface area is 109 Å². The molecule has 98 valence electrons. The predicted octanol–water partition coefficient (Wildman–Crippen LogP) is 0.985. The Kier molecular flexibility index (Phi) is 3.16. The molecule has 1 aliphatic rings. The van der Waals surface area contributed by atoms with Crippen LogP contribution in [-0.4, -0.2) is 32.8 Å². The van der Waals surface area contributed by atoms with E-state index in [0.29, 0.717) is 16.8 Å². The number of imide groups is 1. The van der Waals surface area contributed by atoms with Crippen molar-refractivity contribution in [2.75, 3.05) is 0 Å². The highest BCUT2D eigenvalue weighted by Gasteiger charge is 2.33. The van der Waals surface area contributed by atoms with E-state index >= 15 is 0 Å². The van der Waals surface area contributed by atoms with Gasteiger partial charge in [-0.1, -0.05) is 0 Å². The highest BCUT2D eigenvalue weighted by Crippen LogP contribution is 2.21. The first-order chi connectivity index (χ1) is 8.91. The topological polar surface area (TPSA) is 87.6 Å². The molecular weight excluding hydrogens is 248 g/mol. The third-order valence-corrected chi connectivity index (χ3v) is 3.08. The monoisotopic (exact) mass is 260 g/mol. The Morgan fingerprint density at radius 1 is 1.26 bits per heavy atom. The van der Waals surface area contributed by atoms with Crippen molar-refractivity contribution in [3.63, 3.8) is 0 Å². The van der Waals surface area contributed by atoms with Crippen LogP contribution in [0.5, 0.6) is 0 Å². The molecule has 0 atom stereocenters. The van der Waals surface area contributed by atoms with Gasteiger partial charge in [0.15, 0.2) is 0 Å². The van der Waals surface area contributed by atoms with Gasteiger partial charge in [0.05, 0.1) is 17.8 Å². The van der Waals surface area contributed by atoms with Crippen molar-refractivity contribution in [3.05, 3.63) is 40.7 Å². The van der Waals surface area contributed by atoms with Crippen molar-refractivity contribution in [1.82, 2.24) is 9.88 Å². The van der Waals surface area contributed by atoms with Gasteiger partial charge in [-0.3, -0.25) is 19.5 Å². The van der Waals surface area contributed by atoms with Gasteiger partial charge in [-0.05, 0) is 26.0 Å². The Morgan fingerprint density at radius 3 is 2.37 bits per heavy atom. The lowest BCUT2D eigenvalue weighted by Crippen LogP contribution is -2.31. The van der Waals surface area contributed by atoms with E-state index in [-0.39, 0.29) is 23.9 Å². The van der Waals surface area contributed by atoms with Crippen molar-refractivity contribution in [3.8, 4) is 0 Å². The van der Waals surface area contributed by atoms with Gasteiger partial charge in [0.2, 0.25) is 0 Å². The second-order valence-electron chi connectivity index (χ2n) is 4.29. The van der Waals surface area contributed by atoms with Crippen molar-refractivity contribution in [1.29, 1.82) is 0 Å². The number of hydrogen-bond acceptors (Lipinski definition) is 4. The third-order valence-electron chi connectivity index (χ3n) is 3.08. The summed E-state index contributed by atoms with van der Waals surface area (Å²) < 4.78 is 0. The molecule has 1 aromatic heterocycles. The summed E-state index contributed by atoms with van der Waals surface area (Å²) in [5.74, 6) is -1.79. The SMILES string of the molecule is CC1=C(C)C(=O)N(Cc2cc(C(=O)O)ccn2)C1=O. The molecule has 0 saturated heterocycles. The van der Waals surface area contributed by atoms with E-state index in [9.17, 15) is 14.4 Å². The molecule has 0 aliphatic carbocycles. The highest BCUT2D eigenvalue weighted by atomic mass is 16.4. The molecule has 0 unspecified atom stereocenters. The molecule has 0 bridgehead atoms. The quantitative estimate of drug-likeness (QED) is 0.819. The minimum atomic E-state index is -1.08. The lowest BCUT2D eigenvalue weighted by molar-refractivity contribution is -0.138. The second kappa shape index (κ2) is 4.64. The van der Waals surface area contributed by atoms with Crippen LogP contribution in [0.15, 0.2) is 29.5 Å². The van der Waals surface area contributed by atoms with Crippen LogP contribution < -0.4 is 0 Å². The summed E-state index contributed by atoms with van der Waals surface area (Å²) >= 11 is 0. The fourth-order valence-corrected chi connectivity index (χ4v) is 1.82. The summed E-state index contributed by atoms with van der Waals surface area (Å²) in [7, 11) is 0. The maximum atomic E-state index is 11.9. The molecule has 1 N–H and O–H groups in total. The molecule has 0 radical (unpaired) electrons. The van der Waals surface area contributed by atoms with Gasteiger partial charge in [0.1, 0.15) is 0 Å². The van der Waals surface area contributed by atoms with Gasteiger partial charge in [-0.2, -0.15) is 0 Å². The van der Waals surface area contributed by atoms with Crippen molar-refractivity contribution < 1.29 is 19.5 Å². The molecule has 0 saturated carbocycles. The molecule has 1 aliphatic heterocycles. The Hall–Kier alpha value is -2.50. The summed E-state index contributed by atoms with van der Waals surface area (Å²) in [4.78, 5) is 39.6. The van der Waals surface area contributed by atoms with Crippen LogP contribution >= 0.6 is 0 Å². The van der Waals surface area contributed by atoms with Gasteiger partial charge >= 0.3 is 5.97 Å². The summed E-state index contributed by atoms with van der Waals surface area (Å²) in [5.41, 5.74) is 1.27. The standard InChI is InChI=1S/C13H12N2O4/c1-7-8(2)12(17)15(11(7)16)6-10-5-9(13(18)19)3-4-14-10/h3-5H,6H2,1-2H3,(H,18,19). The Bertz CT molecular complexity index is 595. The first-order valence-corrected chi connectivity index (χ1v) is 5.63. The van der Waals surface area contributed by atoms with E-state index in [1.54, 1.807) is 13.8 Å².